The Balaban J connectivity index is 1.46. The largest absolute Gasteiger partial charge is 0.462 e. The maximum Gasteiger partial charge on any atom is 0.302 e. The summed E-state index contributed by atoms with van der Waals surface area (Å²) in [5.41, 5.74) is 1.97. The molecule has 4 fully saturated rings. The first-order chi connectivity index (χ1) is 14.2. The molecule has 0 unspecified atom stereocenters. The summed E-state index contributed by atoms with van der Waals surface area (Å²) in [5, 5.41) is 0. The highest BCUT2D eigenvalue weighted by Gasteiger charge is 2.68. The molecule has 3 heteroatoms. The van der Waals surface area contributed by atoms with Gasteiger partial charge in [0, 0.05) is 18.8 Å². The molecule has 5 rings (SSSR count). The second-order valence-corrected chi connectivity index (χ2v) is 11.9. The highest BCUT2D eigenvalue weighted by molar-refractivity contribution is 5.84. The lowest BCUT2D eigenvalue weighted by molar-refractivity contribution is -0.151. The number of hydrogen-bond acceptors (Lipinski definition) is 3. The van der Waals surface area contributed by atoms with E-state index >= 15 is 0 Å². The van der Waals surface area contributed by atoms with Gasteiger partial charge in [0.05, 0.1) is 0 Å². The molecule has 0 aromatic carbocycles. The van der Waals surface area contributed by atoms with Crippen molar-refractivity contribution in [1.29, 1.82) is 0 Å². The van der Waals surface area contributed by atoms with E-state index < -0.39 is 0 Å². The number of ether oxygens (including phenoxy) is 1. The fourth-order valence-corrected chi connectivity index (χ4v) is 9.76. The van der Waals surface area contributed by atoms with Crippen molar-refractivity contribution in [3.8, 4) is 0 Å². The molecule has 5 aliphatic carbocycles. The smallest absolute Gasteiger partial charge is 0.302 e. The van der Waals surface area contributed by atoms with Crippen molar-refractivity contribution in [2.45, 2.75) is 104 Å². The van der Waals surface area contributed by atoms with Crippen LogP contribution in [0.1, 0.15) is 98.3 Å². The number of fused-ring (bicyclic) bond motifs is 7. The molecule has 166 valence electrons. The van der Waals surface area contributed by atoms with Gasteiger partial charge in [-0.15, -0.1) is 0 Å². The Labute approximate surface area is 182 Å². The highest BCUT2D eigenvalue weighted by atomic mass is 16.5. The molecule has 0 radical (unpaired) electrons. The van der Waals surface area contributed by atoms with E-state index in [4.69, 9.17) is 4.74 Å². The normalized spacial score (nSPS) is 49.7. The SMILES string of the molecule is CC(=O)O[C@@H]1CC[C@@]2(C)C(=CC[C@@H]3[C@@H]2CC[C@@]2(C)[C@H]3C[C@@H]3CCCC[C@]32C(C)=O)C1. The summed E-state index contributed by atoms with van der Waals surface area (Å²) >= 11 is 0. The van der Waals surface area contributed by atoms with Crippen LogP contribution in [0.15, 0.2) is 11.6 Å². The molecule has 0 heterocycles. The Morgan fingerprint density at radius 3 is 2.53 bits per heavy atom. The first-order valence-electron chi connectivity index (χ1n) is 12.6. The van der Waals surface area contributed by atoms with Crippen LogP contribution in [0.3, 0.4) is 0 Å². The number of esters is 1. The van der Waals surface area contributed by atoms with Crippen molar-refractivity contribution in [1.82, 2.24) is 0 Å². The zero-order valence-corrected chi connectivity index (χ0v) is 19.5. The number of carbonyl (C=O) groups is 2. The van der Waals surface area contributed by atoms with E-state index in [1.165, 1.54) is 51.9 Å². The Hall–Kier alpha value is -1.12. The summed E-state index contributed by atoms with van der Waals surface area (Å²) in [7, 11) is 0. The fourth-order valence-electron chi connectivity index (χ4n) is 9.76. The van der Waals surface area contributed by atoms with Crippen molar-refractivity contribution in [2.75, 3.05) is 0 Å². The number of carbonyl (C=O) groups excluding carboxylic acids is 2. The highest BCUT2D eigenvalue weighted by Crippen LogP contribution is 2.73. The van der Waals surface area contributed by atoms with Gasteiger partial charge >= 0.3 is 5.97 Å². The fraction of sp³-hybridized carbons (Fsp3) is 0.852. The van der Waals surface area contributed by atoms with Crippen LogP contribution in [0.2, 0.25) is 0 Å². The Morgan fingerprint density at radius 1 is 1.00 bits per heavy atom. The number of Topliss-reactive ketones (excluding diaryl/α,β-unsaturated/α-hetero) is 1. The average molecular weight is 413 g/mol. The summed E-state index contributed by atoms with van der Waals surface area (Å²) in [4.78, 5) is 24.7. The van der Waals surface area contributed by atoms with Gasteiger partial charge in [-0.05, 0) is 92.8 Å². The Kier molecular flexibility index (Phi) is 4.80. The van der Waals surface area contributed by atoms with Gasteiger partial charge in [-0.25, -0.2) is 0 Å². The number of ketones is 1. The van der Waals surface area contributed by atoms with Crippen LogP contribution in [-0.2, 0) is 14.3 Å². The van der Waals surface area contributed by atoms with Gasteiger partial charge in [-0.3, -0.25) is 9.59 Å². The summed E-state index contributed by atoms with van der Waals surface area (Å²) < 4.78 is 5.59. The van der Waals surface area contributed by atoms with Gasteiger partial charge in [0.2, 0.25) is 0 Å². The van der Waals surface area contributed by atoms with Crippen molar-refractivity contribution in [2.24, 2.45) is 39.9 Å². The molecule has 0 bridgehead atoms. The van der Waals surface area contributed by atoms with E-state index in [2.05, 4.69) is 19.9 Å². The first-order valence-corrected chi connectivity index (χ1v) is 12.6. The third-order valence-corrected chi connectivity index (χ3v) is 11.0. The molecule has 0 amide bonds. The van der Waals surface area contributed by atoms with E-state index in [1.54, 1.807) is 5.57 Å². The topological polar surface area (TPSA) is 43.4 Å². The summed E-state index contributed by atoms with van der Waals surface area (Å²) in [6.45, 7) is 8.46. The molecule has 4 saturated carbocycles. The van der Waals surface area contributed by atoms with Crippen LogP contribution in [0.5, 0.6) is 0 Å². The zero-order valence-electron chi connectivity index (χ0n) is 19.5. The van der Waals surface area contributed by atoms with E-state index in [0.717, 1.165) is 37.5 Å². The molecule has 0 spiro atoms. The molecule has 0 N–H and O–H groups in total. The van der Waals surface area contributed by atoms with Gasteiger partial charge in [-0.2, -0.15) is 0 Å². The van der Waals surface area contributed by atoms with E-state index in [1.807, 2.05) is 6.92 Å². The monoisotopic (exact) mass is 412 g/mol. The molecule has 30 heavy (non-hydrogen) atoms. The molecular formula is C27H40O3. The predicted octanol–water partition coefficient (Wildman–Crippen LogP) is 6.26. The maximum atomic E-state index is 13.2. The van der Waals surface area contributed by atoms with Crippen molar-refractivity contribution >= 4 is 11.8 Å². The summed E-state index contributed by atoms with van der Waals surface area (Å²) in [5.74, 6) is 3.13. The van der Waals surface area contributed by atoms with Gasteiger partial charge in [-0.1, -0.05) is 38.3 Å². The standard InChI is InChI=1S/C27H40O3/c1-17(28)27-12-6-5-7-20(27)16-24-22-9-8-19-15-21(30-18(2)29)10-13-25(19,3)23(22)11-14-26(24,27)4/h8,20-24H,5-7,9-16H2,1-4H3/t20-,21+,22+,23-,24-,25-,26-,27-/m0/s1. The first kappa shape index (κ1) is 20.8. The minimum Gasteiger partial charge on any atom is -0.462 e. The molecule has 0 aromatic rings. The third-order valence-electron chi connectivity index (χ3n) is 11.0. The Bertz CT molecular complexity index is 783. The molecule has 0 aromatic heterocycles. The van der Waals surface area contributed by atoms with E-state index in [0.29, 0.717) is 17.6 Å². The number of allylic oxidation sites excluding steroid dienone is 1. The van der Waals surface area contributed by atoms with Gasteiger partial charge in [0.25, 0.3) is 0 Å². The van der Waals surface area contributed by atoms with Gasteiger partial charge in [0.15, 0.2) is 0 Å². The lowest BCUT2D eigenvalue weighted by Crippen LogP contribution is -2.55. The van der Waals surface area contributed by atoms with Crippen LogP contribution in [0, 0.1) is 39.9 Å². The predicted molar refractivity (Wildman–Crippen MR) is 118 cm³/mol. The minimum absolute atomic E-state index is 0.0429. The summed E-state index contributed by atoms with van der Waals surface area (Å²) in [6.07, 6.45) is 15.6. The van der Waals surface area contributed by atoms with Crippen LogP contribution in [0.25, 0.3) is 0 Å². The lowest BCUT2D eigenvalue weighted by Gasteiger charge is -2.60. The molecule has 5 aliphatic rings. The maximum absolute atomic E-state index is 13.2. The quantitative estimate of drug-likeness (QED) is 0.397. The summed E-state index contributed by atoms with van der Waals surface area (Å²) in [6, 6.07) is 0. The lowest BCUT2D eigenvalue weighted by atomic mass is 9.44. The van der Waals surface area contributed by atoms with Gasteiger partial charge in [0.1, 0.15) is 11.9 Å². The average Bonchev–Trinajstić information content (AvgIpc) is 2.98. The van der Waals surface area contributed by atoms with Crippen molar-refractivity contribution in [3.05, 3.63) is 11.6 Å². The van der Waals surface area contributed by atoms with Crippen LogP contribution in [0.4, 0.5) is 0 Å². The minimum atomic E-state index is -0.144. The molecule has 0 aliphatic heterocycles. The number of hydrogen-bond donors (Lipinski definition) is 0. The van der Waals surface area contributed by atoms with Crippen LogP contribution in [-0.4, -0.2) is 17.9 Å². The third kappa shape index (κ3) is 2.62. The molecule has 8 atom stereocenters. The molecular weight excluding hydrogens is 372 g/mol. The van der Waals surface area contributed by atoms with E-state index in [9.17, 15) is 9.59 Å². The zero-order chi connectivity index (χ0) is 21.3. The molecule has 3 nitrogen and oxygen atoms in total. The van der Waals surface area contributed by atoms with Crippen LogP contribution >= 0.6 is 0 Å². The van der Waals surface area contributed by atoms with E-state index in [-0.39, 0.29) is 28.3 Å². The van der Waals surface area contributed by atoms with Crippen molar-refractivity contribution < 1.29 is 14.3 Å². The second-order valence-electron chi connectivity index (χ2n) is 11.9. The van der Waals surface area contributed by atoms with Crippen LogP contribution < -0.4 is 0 Å². The van der Waals surface area contributed by atoms with Gasteiger partial charge < -0.3 is 4.74 Å². The van der Waals surface area contributed by atoms with Crippen molar-refractivity contribution in [3.63, 3.8) is 0 Å². The number of rotatable bonds is 2. The Morgan fingerprint density at radius 2 is 1.80 bits per heavy atom. The second kappa shape index (κ2) is 6.94. The molecule has 0 saturated heterocycles.